The number of hydrogen-bond acceptors (Lipinski definition) is 4. The summed E-state index contributed by atoms with van der Waals surface area (Å²) in [4.78, 5) is 46.3. The van der Waals surface area contributed by atoms with Gasteiger partial charge in [-0.1, -0.05) is 54.1 Å². The van der Waals surface area contributed by atoms with Crippen molar-refractivity contribution < 1.29 is 19.1 Å². The molecular weight excluding hydrogens is 466 g/mol. The largest absolute Gasteiger partial charge is 0.465 e. The monoisotopic (exact) mass is 485 g/mol. The topological polar surface area (TPSA) is 82.7 Å². The van der Waals surface area contributed by atoms with Crippen LogP contribution in [0.3, 0.4) is 0 Å². The van der Waals surface area contributed by atoms with Gasteiger partial charge in [0.15, 0.2) is 0 Å². The number of urea groups is 1. The Hall–Kier alpha value is -4.10. The van der Waals surface area contributed by atoms with Gasteiger partial charge in [-0.25, -0.2) is 14.5 Å². The molecule has 0 aliphatic carbocycles. The van der Waals surface area contributed by atoms with Crippen molar-refractivity contribution in [2.24, 2.45) is 0 Å². The quantitative estimate of drug-likeness (QED) is 0.323. The van der Waals surface area contributed by atoms with Crippen LogP contribution >= 0.6 is 11.6 Å². The minimum Gasteiger partial charge on any atom is -0.465 e. The van der Waals surface area contributed by atoms with Crippen molar-refractivity contribution in [1.29, 1.82) is 0 Å². The highest BCUT2D eigenvalue weighted by Gasteiger charge is 2.53. The zero-order valence-corrected chi connectivity index (χ0v) is 19.5. The molecule has 8 heteroatoms. The summed E-state index contributed by atoms with van der Waals surface area (Å²) >= 11 is 6.33. The highest BCUT2D eigenvalue weighted by molar-refractivity contribution is 6.30. The molecule has 3 aromatic carbocycles. The highest BCUT2D eigenvalue weighted by atomic mass is 35.5. The van der Waals surface area contributed by atoms with Crippen molar-refractivity contribution in [3.8, 4) is 0 Å². The number of nitrogens with one attached hydrogen (secondary N) is 1. The fourth-order valence-corrected chi connectivity index (χ4v) is 5.47. The molecule has 2 atom stereocenters. The Bertz CT molecular complexity index is 1530. The summed E-state index contributed by atoms with van der Waals surface area (Å²) in [5, 5.41) is 1.55. The third kappa shape index (κ3) is 3.15. The number of rotatable bonds is 3. The van der Waals surface area contributed by atoms with E-state index in [2.05, 4.69) is 4.98 Å². The van der Waals surface area contributed by atoms with Gasteiger partial charge in [-0.05, 0) is 41.5 Å². The van der Waals surface area contributed by atoms with Crippen LogP contribution in [0.5, 0.6) is 0 Å². The van der Waals surface area contributed by atoms with Gasteiger partial charge < -0.3 is 9.72 Å². The van der Waals surface area contributed by atoms with Crippen molar-refractivity contribution >= 4 is 46.1 Å². The summed E-state index contributed by atoms with van der Waals surface area (Å²) in [5.41, 5.74) is 3.95. The average molecular weight is 486 g/mol. The molecule has 1 fully saturated rings. The predicted octanol–water partition coefficient (Wildman–Crippen LogP) is 5.09. The van der Waals surface area contributed by atoms with Gasteiger partial charge in [-0.3, -0.25) is 9.69 Å². The van der Waals surface area contributed by atoms with Crippen LogP contribution in [0.25, 0.3) is 10.9 Å². The Kier molecular flexibility index (Phi) is 4.89. The number of aromatic amines is 1. The van der Waals surface area contributed by atoms with Crippen molar-refractivity contribution in [3.63, 3.8) is 0 Å². The van der Waals surface area contributed by atoms with Crippen LogP contribution in [0.1, 0.15) is 33.2 Å². The lowest BCUT2D eigenvalue weighted by molar-refractivity contribution is -0.120. The molecule has 2 aliphatic heterocycles. The third-order valence-electron chi connectivity index (χ3n) is 6.76. The Balaban J connectivity index is 1.55. The smallest absolute Gasteiger partial charge is 0.339 e. The summed E-state index contributed by atoms with van der Waals surface area (Å²) in [7, 11) is 1.27. The molecule has 174 valence electrons. The van der Waals surface area contributed by atoms with Crippen molar-refractivity contribution in [1.82, 2.24) is 9.88 Å². The molecule has 1 unspecified atom stereocenters. The van der Waals surface area contributed by atoms with E-state index in [1.54, 1.807) is 35.2 Å². The maximum atomic E-state index is 13.9. The molecule has 6 rings (SSSR count). The molecule has 7 nitrogen and oxygen atoms in total. The lowest BCUT2D eigenvalue weighted by Crippen LogP contribution is -2.44. The van der Waals surface area contributed by atoms with Gasteiger partial charge in [-0.2, -0.15) is 0 Å². The van der Waals surface area contributed by atoms with Gasteiger partial charge in [0.2, 0.25) is 0 Å². The Morgan fingerprint density at radius 3 is 2.60 bits per heavy atom. The number of carbonyl (C=O) groups is 3. The van der Waals surface area contributed by atoms with E-state index in [-0.39, 0.29) is 17.2 Å². The van der Waals surface area contributed by atoms with Gasteiger partial charge in [0.25, 0.3) is 5.91 Å². The maximum Gasteiger partial charge on any atom is 0.339 e. The van der Waals surface area contributed by atoms with E-state index >= 15 is 0 Å². The molecule has 1 aromatic heterocycles. The molecule has 4 aromatic rings. The zero-order valence-electron chi connectivity index (χ0n) is 18.7. The minimum atomic E-state index is -0.733. The molecule has 1 saturated heterocycles. The van der Waals surface area contributed by atoms with Crippen LogP contribution in [0.15, 0.2) is 72.8 Å². The number of methoxy groups -OCH3 is 1. The van der Waals surface area contributed by atoms with Crippen LogP contribution in [0.2, 0.25) is 5.02 Å². The maximum absolute atomic E-state index is 13.9. The summed E-state index contributed by atoms with van der Waals surface area (Å²) in [6, 6.07) is 19.9. The Labute approximate surface area is 205 Å². The normalized spacial score (nSPS) is 19.1. The third-order valence-corrected chi connectivity index (χ3v) is 7.00. The number of amides is 3. The molecule has 35 heavy (non-hydrogen) atoms. The SMILES string of the molecule is COC(=O)c1ccccc1N1C(=O)[C@@H]2Cc3c([nH]c4ccccc34)C(c3cccc(Cl)c3)N2C1=O. The number of esters is 1. The molecule has 0 spiro atoms. The average Bonchev–Trinajstić information content (AvgIpc) is 3.36. The number of anilines is 1. The molecule has 2 aliphatic rings. The van der Waals surface area contributed by atoms with Gasteiger partial charge in [0.05, 0.1) is 18.4 Å². The zero-order chi connectivity index (χ0) is 24.3. The number of imide groups is 1. The second-order valence-corrected chi connectivity index (χ2v) is 9.05. The standard InChI is InChI=1S/C27H20ClN3O4/c1-35-26(33)18-10-3-5-12-21(18)31-25(32)22-14-19-17-9-2-4-11-20(17)29-23(19)24(30(22)27(31)34)15-7-6-8-16(28)13-15/h2-13,22,24,29H,14H2,1H3/t22-,24?/m0/s1. The lowest BCUT2D eigenvalue weighted by Gasteiger charge is -2.36. The van der Waals surface area contributed by atoms with E-state index < -0.39 is 24.1 Å². The van der Waals surface area contributed by atoms with E-state index in [4.69, 9.17) is 16.3 Å². The first-order valence-electron chi connectivity index (χ1n) is 11.2. The Morgan fingerprint density at radius 2 is 1.80 bits per heavy atom. The van der Waals surface area contributed by atoms with Crippen LogP contribution in [-0.4, -0.2) is 40.9 Å². The number of benzene rings is 3. The van der Waals surface area contributed by atoms with Crippen LogP contribution in [0.4, 0.5) is 10.5 Å². The fraction of sp³-hybridized carbons (Fsp3) is 0.148. The molecular formula is C27H20ClN3O4. The predicted molar refractivity (Wildman–Crippen MR) is 132 cm³/mol. The summed E-state index contributed by atoms with van der Waals surface area (Å²) < 4.78 is 4.89. The van der Waals surface area contributed by atoms with E-state index in [0.717, 1.165) is 32.6 Å². The van der Waals surface area contributed by atoms with E-state index in [1.165, 1.54) is 7.11 Å². The Morgan fingerprint density at radius 1 is 1.03 bits per heavy atom. The van der Waals surface area contributed by atoms with Crippen LogP contribution in [-0.2, 0) is 16.0 Å². The second-order valence-electron chi connectivity index (χ2n) is 8.61. The minimum absolute atomic E-state index is 0.153. The van der Waals surface area contributed by atoms with E-state index in [0.29, 0.717) is 11.4 Å². The molecule has 3 heterocycles. The number of H-pyrrole nitrogens is 1. The first-order valence-corrected chi connectivity index (χ1v) is 11.6. The number of aromatic nitrogens is 1. The van der Waals surface area contributed by atoms with Crippen molar-refractivity contribution in [2.75, 3.05) is 12.0 Å². The molecule has 3 amide bonds. The molecule has 1 N–H and O–H groups in total. The van der Waals surface area contributed by atoms with Crippen LogP contribution in [0, 0.1) is 0 Å². The van der Waals surface area contributed by atoms with Gasteiger partial charge >= 0.3 is 12.0 Å². The fourth-order valence-electron chi connectivity index (χ4n) is 5.27. The van der Waals surface area contributed by atoms with Crippen LogP contribution < -0.4 is 4.90 Å². The van der Waals surface area contributed by atoms with E-state index in [9.17, 15) is 14.4 Å². The number of carbonyl (C=O) groups excluding carboxylic acids is 3. The number of para-hydroxylation sites is 2. The first kappa shape index (κ1) is 21.4. The number of halogens is 1. The number of nitrogens with zero attached hydrogens (tertiary/aromatic N) is 2. The molecule has 0 bridgehead atoms. The lowest BCUT2D eigenvalue weighted by atomic mass is 9.89. The number of hydrogen-bond donors (Lipinski definition) is 1. The van der Waals surface area contributed by atoms with E-state index in [1.807, 2.05) is 42.5 Å². The van der Waals surface area contributed by atoms with Gasteiger partial charge in [-0.15, -0.1) is 0 Å². The van der Waals surface area contributed by atoms with Gasteiger partial charge in [0, 0.05) is 28.0 Å². The first-order chi connectivity index (χ1) is 17.0. The number of fused-ring (bicyclic) bond motifs is 4. The summed E-state index contributed by atoms with van der Waals surface area (Å²) in [5.74, 6) is -0.997. The molecule has 0 radical (unpaired) electrons. The highest BCUT2D eigenvalue weighted by Crippen LogP contribution is 2.45. The second kappa shape index (κ2) is 7.99. The number of ether oxygens (including phenoxy) is 1. The summed E-state index contributed by atoms with van der Waals surface area (Å²) in [6.45, 7) is 0. The van der Waals surface area contributed by atoms with Gasteiger partial charge in [0.1, 0.15) is 12.1 Å². The molecule has 0 saturated carbocycles. The van der Waals surface area contributed by atoms with Crippen molar-refractivity contribution in [3.05, 3.63) is 100 Å². The van der Waals surface area contributed by atoms with Crippen molar-refractivity contribution in [2.45, 2.75) is 18.5 Å². The summed E-state index contributed by atoms with van der Waals surface area (Å²) in [6.07, 6.45) is 0.359.